The van der Waals surface area contributed by atoms with Gasteiger partial charge in [-0.3, -0.25) is 14.5 Å². The van der Waals surface area contributed by atoms with Gasteiger partial charge in [0.25, 0.3) is 0 Å². The Kier molecular flexibility index (Phi) is 6.74. The van der Waals surface area contributed by atoms with Gasteiger partial charge in [-0.05, 0) is 75.6 Å². The topological polar surface area (TPSA) is 100 Å². The molecule has 1 aliphatic carbocycles. The molecule has 172 valence electrons. The van der Waals surface area contributed by atoms with Crippen molar-refractivity contribution < 1.29 is 28.8 Å². The van der Waals surface area contributed by atoms with E-state index in [9.17, 15) is 14.6 Å². The summed E-state index contributed by atoms with van der Waals surface area (Å²) in [6.07, 6.45) is 4.76. The van der Waals surface area contributed by atoms with Crippen molar-refractivity contribution in [2.75, 3.05) is 6.54 Å². The van der Waals surface area contributed by atoms with Crippen molar-refractivity contribution in [2.24, 2.45) is 17.8 Å². The van der Waals surface area contributed by atoms with Crippen molar-refractivity contribution in [2.45, 2.75) is 65.5 Å². The van der Waals surface area contributed by atoms with Crippen LogP contribution in [-0.4, -0.2) is 46.6 Å². The van der Waals surface area contributed by atoms with E-state index in [4.69, 9.17) is 14.2 Å². The number of aliphatic hydroxyl groups is 1. The molecule has 1 aromatic rings. The molecule has 3 heterocycles. The summed E-state index contributed by atoms with van der Waals surface area (Å²) in [6.45, 7) is 6.35. The molecule has 0 spiro atoms. The minimum Gasteiger partial charge on any atom is -0.459 e. The first-order chi connectivity index (χ1) is 15.3. The number of rotatable bonds is 7. The quantitative estimate of drug-likeness (QED) is 0.383. The number of nitrogens with zero attached hydrogens (tertiary/aromatic N) is 1. The smallest absolute Gasteiger partial charge is 0.455 e. The Morgan fingerprint density at radius 3 is 2.75 bits per heavy atom. The zero-order chi connectivity index (χ0) is 23.0. The highest BCUT2D eigenvalue weighted by atomic mass is 16.5. The summed E-state index contributed by atoms with van der Waals surface area (Å²) in [4.78, 5) is 27.5. The number of fused-ring (bicyclic) bond motifs is 3. The molecular formula is C24H32BNO6. The van der Waals surface area contributed by atoms with Crippen molar-refractivity contribution in [3.8, 4) is 0 Å². The highest BCUT2D eigenvalue weighted by Crippen LogP contribution is 2.50. The third-order valence-corrected chi connectivity index (χ3v) is 7.02. The largest absolute Gasteiger partial charge is 0.459 e. The molecule has 0 aromatic carbocycles. The van der Waals surface area contributed by atoms with Gasteiger partial charge in [0.1, 0.15) is 18.1 Å². The molecule has 0 bridgehead atoms. The Balaban J connectivity index is 1.52. The maximum Gasteiger partial charge on any atom is 0.455 e. The van der Waals surface area contributed by atoms with Crippen molar-refractivity contribution in [1.29, 1.82) is 0 Å². The van der Waals surface area contributed by atoms with Gasteiger partial charge in [-0.25, -0.2) is 0 Å². The van der Waals surface area contributed by atoms with Crippen LogP contribution in [0, 0.1) is 17.8 Å². The molecule has 0 saturated carbocycles. The number of hydrogen-bond donors (Lipinski definition) is 2. The summed E-state index contributed by atoms with van der Waals surface area (Å²) < 4.78 is 11.5. The van der Waals surface area contributed by atoms with Gasteiger partial charge in [-0.1, -0.05) is 18.1 Å². The molecule has 0 unspecified atom stereocenters. The van der Waals surface area contributed by atoms with Gasteiger partial charge in [0, 0.05) is 6.54 Å². The first kappa shape index (κ1) is 23.0. The van der Waals surface area contributed by atoms with E-state index >= 15 is 0 Å². The number of furan rings is 1. The highest BCUT2D eigenvalue weighted by Gasteiger charge is 2.56. The average Bonchev–Trinajstić information content (AvgIpc) is 3.30. The molecule has 2 saturated heterocycles. The molecule has 4 rings (SSSR count). The zero-order valence-corrected chi connectivity index (χ0v) is 19.0. The Bertz CT molecular complexity index is 950. The molecule has 2 aliphatic heterocycles. The van der Waals surface area contributed by atoms with E-state index in [1.807, 2.05) is 32.9 Å². The third kappa shape index (κ3) is 4.23. The maximum atomic E-state index is 13.1. The molecule has 1 aromatic heterocycles. The monoisotopic (exact) mass is 441 g/mol. The van der Waals surface area contributed by atoms with Gasteiger partial charge in [0.15, 0.2) is 0 Å². The fraction of sp³-hybridized carbons (Fsp3) is 0.583. The van der Waals surface area contributed by atoms with Gasteiger partial charge in [0.2, 0.25) is 11.8 Å². The molecule has 2 N–H and O–H groups in total. The van der Waals surface area contributed by atoms with Crippen LogP contribution in [-0.2, 0) is 20.9 Å². The summed E-state index contributed by atoms with van der Waals surface area (Å²) in [5, 5.41) is 19.6. The van der Waals surface area contributed by atoms with E-state index in [1.54, 1.807) is 6.07 Å². The summed E-state index contributed by atoms with van der Waals surface area (Å²) in [7, 11) is -0.940. The molecule has 0 radical (unpaired) electrons. The number of allylic oxidation sites excluding steroid dienone is 2. The fourth-order valence-electron chi connectivity index (χ4n) is 5.66. The predicted molar refractivity (Wildman–Crippen MR) is 120 cm³/mol. The Morgan fingerprint density at radius 1 is 1.28 bits per heavy atom. The van der Waals surface area contributed by atoms with Crippen molar-refractivity contribution in [1.82, 2.24) is 4.90 Å². The molecular weight excluding hydrogens is 409 g/mol. The van der Waals surface area contributed by atoms with E-state index in [-0.39, 0.29) is 42.3 Å². The molecule has 2 amide bonds. The lowest BCUT2D eigenvalue weighted by Crippen LogP contribution is -2.46. The first-order valence-electron chi connectivity index (χ1n) is 11.6. The van der Waals surface area contributed by atoms with E-state index in [0.29, 0.717) is 37.2 Å². The molecule has 8 heteroatoms. The van der Waals surface area contributed by atoms with Crippen molar-refractivity contribution in [3.05, 3.63) is 40.4 Å². The van der Waals surface area contributed by atoms with Gasteiger partial charge in [-0.15, -0.1) is 0 Å². The second-order valence-electron chi connectivity index (χ2n) is 9.31. The van der Waals surface area contributed by atoms with Crippen LogP contribution >= 0.6 is 0 Å². The normalized spacial score (nSPS) is 28.5. The standard InChI is InChI=1S/C24H32BNO6/c1-4-9-26-23(28)18-11-15(3)21-19(22(18)24(26)29)12-25(30)32-20(21)8-5-14(2)10-16-6-7-17(13-27)31-16/h6-7,10,18-20,22,27,30H,4-5,8-9,11-13H2,1-3H3/b14-10+/t18-,19+,20-,22-/m1/s1. The van der Waals surface area contributed by atoms with Crippen LogP contribution in [0.3, 0.4) is 0 Å². The fourth-order valence-corrected chi connectivity index (χ4v) is 5.66. The van der Waals surface area contributed by atoms with Gasteiger partial charge in [0.05, 0.1) is 17.9 Å². The second-order valence-corrected chi connectivity index (χ2v) is 9.31. The van der Waals surface area contributed by atoms with Gasteiger partial charge in [-0.2, -0.15) is 0 Å². The molecule has 7 nitrogen and oxygen atoms in total. The Labute approximate surface area is 189 Å². The number of aliphatic hydroxyl groups excluding tert-OH is 1. The van der Waals surface area contributed by atoms with Crippen LogP contribution in [0.25, 0.3) is 6.08 Å². The molecule has 32 heavy (non-hydrogen) atoms. The lowest BCUT2D eigenvalue weighted by molar-refractivity contribution is -0.140. The van der Waals surface area contributed by atoms with E-state index in [0.717, 1.165) is 29.6 Å². The van der Waals surface area contributed by atoms with Crippen LogP contribution in [0.5, 0.6) is 0 Å². The summed E-state index contributed by atoms with van der Waals surface area (Å²) in [5.41, 5.74) is 3.31. The maximum absolute atomic E-state index is 13.1. The lowest BCUT2D eigenvalue weighted by Gasteiger charge is -2.42. The summed E-state index contributed by atoms with van der Waals surface area (Å²) in [6, 6.07) is 3.57. The van der Waals surface area contributed by atoms with E-state index in [2.05, 4.69) is 0 Å². The molecule has 4 atom stereocenters. The number of amides is 2. The van der Waals surface area contributed by atoms with Crippen LogP contribution in [0.4, 0.5) is 0 Å². The number of carbonyl (C=O) groups excluding carboxylic acids is 2. The third-order valence-electron chi connectivity index (χ3n) is 7.02. The van der Waals surface area contributed by atoms with Crippen molar-refractivity contribution in [3.63, 3.8) is 0 Å². The van der Waals surface area contributed by atoms with Crippen LogP contribution in [0.15, 0.2) is 33.3 Å². The van der Waals surface area contributed by atoms with Gasteiger partial charge < -0.3 is 19.2 Å². The van der Waals surface area contributed by atoms with Crippen molar-refractivity contribution >= 4 is 25.0 Å². The highest BCUT2D eigenvalue weighted by molar-refractivity contribution is 6.43. The Morgan fingerprint density at radius 2 is 2.06 bits per heavy atom. The SMILES string of the molecule is CCCN1C(=O)[C@@H]2[C@@H](CC(C)=C3[C@@H](CC/C(C)=C/c4ccc(CO)o4)OB(O)C[C@@H]32)C1=O. The lowest BCUT2D eigenvalue weighted by atomic mass is 9.59. The predicted octanol–water partition coefficient (Wildman–Crippen LogP) is 3.18. The molecule has 3 aliphatic rings. The summed E-state index contributed by atoms with van der Waals surface area (Å²) in [5.74, 6) is 0.227. The van der Waals surface area contributed by atoms with Crippen LogP contribution in [0.1, 0.15) is 58.0 Å². The average molecular weight is 441 g/mol. The number of imide groups is 1. The minimum absolute atomic E-state index is 0.0581. The number of hydrogen-bond acceptors (Lipinski definition) is 6. The molecule has 2 fully saturated rings. The summed E-state index contributed by atoms with van der Waals surface area (Å²) >= 11 is 0. The number of likely N-dealkylation sites (tertiary alicyclic amines) is 1. The number of carbonyl (C=O) groups is 2. The second kappa shape index (κ2) is 9.37. The Hall–Kier alpha value is -2.16. The van der Waals surface area contributed by atoms with E-state index < -0.39 is 7.12 Å². The van der Waals surface area contributed by atoms with Crippen LogP contribution in [0.2, 0.25) is 6.32 Å². The zero-order valence-electron chi connectivity index (χ0n) is 19.0. The van der Waals surface area contributed by atoms with E-state index in [1.165, 1.54) is 4.90 Å². The van der Waals surface area contributed by atoms with Gasteiger partial charge >= 0.3 is 7.12 Å². The minimum atomic E-state index is -0.940. The first-order valence-corrected chi connectivity index (χ1v) is 11.6. The van der Waals surface area contributed by atoms with Crippen LogP contribution < -0.4 is 0 Å².